The van der Waals surface area contributed by atoms with Gasteiger partial charge in [-0.15, -0.1) is 0 Å². The summed E-state index contributed by atoms with van der Waals surface area (Å²) in [5.41, 5.74) is 0. The summed E-state index contributed by atoms with van der Waals surface area (Å²) in [5, 5.41) is 0. The van der Waals surface area contributed by atoms with E-state index in [1.165, 1.54) is 32.1 Å². The molecule has 0 radical (unpaired) electrons. The van der Waals surface area contributed by atoms with E-state index >= 15 is 0 Å². The topological polar surface area (TPSA) is 0 Å². The van der Waals surface area contributed by atoms with Crippen LogP contribution < -0.4 is 0 Å². The Balaban J connectivity index is 1.40. The average molecular weight is 333 g/mol. The van der Waals surface area contributed by atoms with Gasteiger partial charge in [-0.3, -0.25) is 0 Å². The van der Waals surface area contributed by atoms with E-state index in [2.05, 4.69) is 13.8 Å². The van der Waals surface area contributed by atoms with E-state index in [9.17, 15) is 0 Å². The van der Waals surface area contributed by atoms with Crippen LogP contribution in [-0.2, 0) is 0 Å². The molecule has 3 fully saturated rings. The first-order chi connectivity index (χ1) is 11.8. The molecule has 0 heteroatoms. The Kier molecular flexibility index (Phi) is 7.54. The molecule has 0 aromatic heterocycles. The predicted molar refractivity (Wildman–Crippen MR) is 106 cm³/mol. The van der Waals surface area contributed by atoms with Crippen LogP contribution in [0.2, 0.25) is 0 Å². The van der Waals surface area contributed by atoms with Gasteiger partial charge in [0.1, 0.15) is 0 Å². The quantitative estimate of drug-likeness (QED) is 0.414. The summed E-state index contributed by atoms with van der Waals surface area (Å²) in [4.78, 5) is 0. The Morgan fingerprint density at radius 1 is 0.500 bits per heavy atom. The molecule has 3 saturated carbocycles. The zero-order valence-electron chi connectivity index (χ0n) is 16.8. The van der Waals surface area contributed by atoms with Crippen molar-refractivity contribution in [3.05, 3.63) is 0 Å². The zero-order chi connectivity index (χ0) is 16.8. The maximum atomic E-state index is 2.37. The van der Waals surface area contributed by atoms with Crippen molar-refractivity contribution in [2.75, 3.05) is 0 Å². The first kappa shape index (κ1) is 18.8. The van der Waals surface area contributed by atoms with E-state index < -0.39 is 0 Å². The highest BCUT2D eigenvalue weighted by atomic mass is 14.4. The third-order valence-electron chi connectivity index (χ3n) is 8.23. The van der Waals surface area contributed by atoms with Crippen LogP contribution in [0.25, 0.3) is 0 Å². The minimum atomic E-state index is 1.08. The lowest BCUT2D eigenvalue weighted by Gasteiger charge is -2.45. The lowest BCUT2D eigenvalue weighted by molar-refractivity contribution is 0.0575. The standard InChI is InChI=1S/C24H44/c1-3-5-6-8-20-11-14-24-18-23(16-15-22(24)17-20)21-12-9-19(7-4-2)10-13-21/h19-24H,3-18H2,1-2H3/t19?,20-,21?,22-,23+,24+/m0/s1. The third kappa shape index (κ3) is 5.01. The maximum absolute atomic E-state index is 2.37. The monoisotopic (exact) mass is 332 g/mol. The molecule has 0 aromatic carbocycles. The van der Waals surface area contributed by atoms with Gasteiger partial charge in [0.05, 0.1) is 0 Å². The molecule has 3 aliphatic rings. The van der Waals surface area contributed by atoms with E-state index in [1.54, 1.807) is 70.6 Å². The van der Waals surface area contributed by atoms with Crippen LogP contribution in [0.15, 0.2) is 0 Å². The van der Waals surface area contributed by atoms with E-state index in [1.807, 2.05) is 0 Å². The molecule has 0 unspecified atom stereocenters. The van der Waals surface area contributed by atoms with Gasteiger partial charge in [0.25, 0.3) is 0 Å². The van der Waals surface area contributed by atoms with Gasteiger partial charge in [0.15, 0.2) is 0 Å². The molecule has 0 spiro atoms. The molecular formula is C24H44. The molecule has 3 rings (SSSR count). The van der Waals surface area contributed by atoms with E-state index in [0.29, 0.717) is 0 Å². The predicted octanol–water partition coefficient (Wildman–Crippen LogP) is 8.01. The van der Waals surface area contributed by atoms with Gasteiger partial charge in [0.2, 0.25) is 0 Å². The molecule has 0 heterocycles. The molecule has 24 heavy (non-hydrogen) atoms. The van der Waals surface area contributed by atoms with Gasteiger partial charge in [0, 0.05) is 0 Å². The summed E-state index contributed by atoms with van der Waals surface area (Å²) in [7, 11) is 0. The van der Waals surface area contributed by atoms with Crippen molar-refractivity contribution < 1.29 is 0 Å². The number of unbranched alkanes of at least 4 members (excludes halogenated alkanes) is 2. The Labute approximate surface area is 152 Å². The van der Waals surface area contributed by atoms with Crippen LogP contribution in [0.4, 0.5) is 0 Å². The highest BCUT2D eigenvalue weighted by molar-refractivity contribution is 4.89. The Bertz CT molecular complexity index is 338. The fraction of sp³-hybridized carbons (Fsp3) is 1.00. The highest BCUT2D eigenvalue weighted by Gasteiger charge is 2.38. The van der Waals surface area contributed by atoms with Crippen LogP contribution in [0.3, 0.4) is 0 Å². The molecule has 0 aliphatic heterocycles. The Morgan fingerprint density at radius 3 is 1.79 bits per heavy atom. The first-order valence-electron chi connectivity index (χ1n) is 11.8. The summed E-state index contributed by atoms with van der Waals surface area (Å²) < 4.78 is 0. The zero-order valence-corrected chi connectivity index (χ0v) is 16.8. The minimum absolute atomic E-state index is 1.08. The second kappa shape index (κ2) is 9.63. The van der Waals surface area contributed by atoms with Crippen LogP contribution in [0, 0.1) is 35.5 Å². The van der Waals surface area contributed by atoms with Gasteiger partial charge >= 0.3 is 0 Å². The van der Waals surface area contributed by atoms with Crippen LogP contribution in [0.1, 0.15) is 117 Å². The molecule has 3 aliphatic carbocycles. The molecule has 0 aromatic rings. The third-order valence-corrected chi connectivity index (χ3v) is 8.23. The van der Waals surface area contributed by atoms with E-state index in [-0.39, 0.29) is 0 Å². The van der Waals surface area contributed by atoms with Crippen molar-refractivity contribution >= 4 is 0 Å². The summed E-state index contributed by atoms with van der Waals surface area (Å²) >= 11 is 0. The molecule has 0 N–H and O–H groups in total. The molecule has 140 valence electrons. The smallest absolute Gasteiger partial charge is 0.0383 e. The van der Waals surface area contributed by atoms with Crippen LogP contribution in [-0.4, -0.2) is 0 Å². The second-order valence-electron chi connectivity index (χ2n) is 9.84. The lowest BCUT2D eigenvalue weighted by atomic mass is 9.60. The average Bonchev–Trinajstić information content (AvgIpc) is 2.62. The fourth-order valence-electron chi connectivity index (χ4n) is 6.75. The number of hydrogen-bond donors (Lipinski definition) is 0. The first-order valence-corrected chi connectivity index (χ1v) is 11.8. The van der Waals surface area contributed by atoms with Crippen molar-refractivity contribution in [2.24, 2.45) is 35.5 Å². The normalized spacial score (nSPS) is 40.2. The Hall–Kier alpha value is 0. The molecule has 4 atom stereocenters. The summed E-state index contributed by atoms with van der Waals surface area (Å²) in [5.74, 6) is 6.66. The van der Waals surface area contributed by atoms with Gasteiger partial charge in [-0.05, 0) is 80.5 Å². The van der Waals surface area contributed by atoms with Crippen molar-refractivity contribution in [1.29, 1.82) is 0 Å². The van der Waals surface area contributed by atoms with Crippen molar-refractivity contribution in [3.63, 3.8) is 0 Å². The lowest BCUT2D eigenvalue weighted by Crippen LogP contribution is -2.34. The summed E-state index contributed by atoms with van der Waals surface area (Å²) in [6.07, 6.45) is 24.6. The highest BCUT2D eigenvalue weighted by Crippen LogP contribution is 2.49. The van der Waals surface area contributed by atoms with Crippen molar-refractivity contribution in [1.82, 2.24) is 0 Å². The van der Waals surface area contributed by atoms with Gasteiger partial charge in [-0.25, -0.2) is 0 Å². The van der Waals surface area contributed by atoms with Gasteiger partial charge < -0.3 is 0 Å². The van der Waals surface area contributed by atoms with Gasteiger partial charge in [-0.2, -0.15) is 0 Å². The van der Waals surface area contributed by atoms with Crippen LogP contribution >= 0.6 is 0 Å². The molecule has 0 nitrogen and oxygen atoms in total. The van der Waals surface area contributed by atoms with E-state index in [4.69, 9.17) is 0 Å². The molecule has 0 saturated heterocycles. The molecule has 0 bridgehead atoms. The molecular weight excluding hydrogens is 288 g/mol. The number of hydrogen-bond acceptors (Lipinski definition) is 0. The summed E-state index contributed by atoms with van der Waals surface area (Å²) in [6.45, 7) is 4.71. The van der Waals surface area contributed by atoms with Crippen LogP contribution in [0.5, 0.6) is 0 Å². The van der Waals surface area contributed by atoms with Crippen molar-refractivity contribution in [2.45, 2.75) is 117 Å². The van der Waals surface area contributed by atoms with Crippen molar-refractivity contribution in [3.8, 4) is 0 Å². The Morgan fingerprint density at radius 2 is 1.08 bits per heavy atom. The fourth-order valence-corrected chi connectivity index (χ4v) is 6.75. The maximum Gasteiger partial charge on any atom is -0.0383 e. The second-order valence-corrected chi connectivity index (χ2v) is 9.84. The van der Waals surface area contributed by atoms with E-state index in [0.717, 1.165) is 35.5 Å². The largest absolute Gasteiger partial charge is 0.0654 e. The summed E-state index contributed by atoms with van der Waals surface area (Å²) in [6, 6.07) is 0. The number of fused-ring (bicyclic) bond motifs is 1. The number of rotatable bonds is 7. The molecule has 0 amide bonds. The van der Waals surface area contributed by atoms with Gasteiger partial charge in [-0.1, -0.05) is 71.6 Å². The SMILES string of the molecule is CCCCC[C@H]1CC[C@@H]2C[C@H](C3CCC(CCC)CC3)CC[C@H]2C1. The minimum Gasteiger partial charge on any atom is -0.0654 e.